The summed E-state index contributed by atoms with van der Waals surface area (Å²) in [4.78, 5) is 3.45. The molecule has 1 aromatic rings. The number of rotatable bonds is 4. The van der Waals surface area contributed by atoms with Gasteiger partial charge in [-0.05, 0) is 12.1 Å². The molecular weight excluding hydrogens is 182 g/mol. The van der Waals surface area contributed by atoms with E-state index in [1.807, 2.05) is 12.2 Å². The van der Waals surface area contributed by atoms with Gasteiger partial charge in [0.25, 0.3) is 0 Å². The zero-order valence-electron chi connectivity index (χ0n) is 10.2. The van der Waals surface area contributed by atoms with Crippen molar-refractivity contribution in [3.8, 4) is 0 Å². The molecule has 15 heavy (non-hydrogen) atoms. The van der Waals surface area contributed by atoms with Gasteiger partial charge in [-0.1, -0.05) is 39.8 Å². The van der Waals surface area contributed by atoms with Gasteiger partial charge in [-0.25, -0.2) is 0 Å². The summed E-state index contributed by atoms with van der Waals surface area (Å²) in [6, 6.07) is 4.25. The van der Waals surface area contributed by atoms with Gasteiger partial charge in [-0.2, -0.15) is 0 Å². The van der Waals surface area contributed by atoms with Crippen LogP contribution < -0.4 is 0 Å². The zero-order valence-corrected chi connectivity index (χ0v) is 10.2. The Morgan fingerprint density at radius 1 is 0.933 bits per heavy atom. The van der Waals surface area contributed by atoms with Gasteiger partial charge in [0.2, 0.25) is 0 Å². The number of H-pyrrole nitrogens is 1. The maximum atomic E-state index is 3.86. The van der Waals surface area contributed by atoms with E-state index in [2.05, 4.69) is 58.0 Å². The van der Waals surface area contributed by atoms with Crippen LogP contribution in [0.3, 0.4) is 0 Å². The predicted molar refractivity (Wildman–Crippen MR) is 67.2 cm³/mol. The quantitative estimate of drug-likeness (QED) is 0.713. The predicted octanol–water partition coefficient (Wildman–Crippen LogP) is 3.94. The van der Waals surface area contributed by atoms with Crippen molar-refractivity contribution < 1.29 is 0 Å². The van der Waals surface area contributed by atoms with E-state index in [0.29, 0.717) is 0 Å². The highest BCUT2D eigenvalue weighted by atomic mass is 14.8. The third kappa shape index (κ3) is 2.23. The van der Waals surface area contributed by atoms with Gasteiger partial charge in [-0.15, -0.1) is 13.2 Å². The largest absolute Gasteiger partial charge is 0.361 e. The molecule has 1 N–H and O–H groups in total. The van der Waals surface area contributed by atoms with Crippen LogP contribution >= 0.6 is 0 Å². The summed E-state index contributed by atoms with van der Waals surface area (Å²) in [7, 11) is 0. The molecule has 0 aliphatic heterocycles. The molecule has 1 heteroatoms. The molecule has 1 heterocycles. The Morgan fingerprint density at radius 2 is 1.27 bits per heavy atom. The molecule has 0 aromatic carbocycles. The summed E-state index contributed by atoms with van der Waals surface area (Å²) in [5, 5.41) is 0. The van der Waals surface area contributed by atoms with Crippen molar-refractivity contribution in [3.05, 3.63) is 48.8 Å². The van der Waals surface area contributed by atoms with Gasteiger partial charge in [0.1, 0.15) is 0 Å². The van der Waals surface area contributed by atoms with Crippen LogP contribution in [0, 0.1) is 0 Å². The Bertz CT molecular complexity index is 332. The lowest BCUT2D eigenvalue weighted by molar-refractivity contribution is 0.616. The number of allylic oxidation sites excluding steroid dienone is 2. The van der Waals surface area contributed by atoms with Gasteiger partial charge in [0, 0.05) is 22.2 Å². The molecule has 0 saturated heterocycles. The first-order valence-electron chi connectivity index (χ1n) is 5.30. The summed E-state index contributed by atoms with van der Waals surface area (Å²) < 4.78 is 0. The van der Waals surface area contributed by atoms with E-state index >= 15 is 0 Å². The number of hydrogen-bond acceptors (Lipinski definition) is 0. The molecule has 0 saturated carbocycles. The maximum absolute atomic E-state index is 3.86. The molecule has 1 nitrogen and oxygen atoms in total. The van der Waals surface area contributed by atoms with E-state index < -0.39 is 0 Å². The Hall–Kier alpha value is -1.24. The van der Waals surface area contributed by atoms with Crippen molar-refractivity contribution >= 4 is 0 Å². The normalized spacial score (nSPS) is 12.5. The third-order valence-corrected chi connectivity index (χ3v) is 3.09. The van der Waals surface area contributed by atoms with Crippen molar-refractivity contribution in [2.24, 2.45) is 0 Å². The van der Waals surface area contributed by atoms with Gasteiger partial charge >= 0.3 is 0 Å². The molecule has 0 unspecified atom stereocenters. The van der Waals surface area contributed by atoms with Crippen LogP contribution in [-0.2, 0) is 10.8 Å². The summed E-state index contributed by atoms with van der Waals surface area (Å²) in [5.41, 5.74) is 2.38. The molecule has 0 amide bonds. The zero-order chi connectivity index (χ0) is 11.7. The molecule has 0 spiro atoms. The summed E-state index contributed by atoms with van der Waals surface area (Å²) in [6.45, 7) is 16.3. The topological polar surface area (TPSA) is 15.8 Å². The average molecular weight is 203 g/mol. The second-order valence-corrected chi connectivity index (χ2v) is 5.14. The summed E-state index contributed by atoms with van der Waals surface area (Å²) >= 11 is 0. The fourth-order valence-electron chi connectivity index (χ4n) is 1.37. The lowest BCUT2D eigenvalue weighted by Gasteiger charge is -2.21. The van der Waals surface area contributed by atoms with Crippen LogP contribution in [0.15, 0.2) is 37.4 Å². The van der Waals surface area contributed by atoms with Crippen LogP contribution in [0.4, 0.5) is 0 Å². The Balaban J connectivity index is 3.10. The minimum Gasteiger partial charge on any atom is -0.361 e. The Kier molecular flexibility index (Phi) is 2.94. The molecule has 0 fully saturated rings. The van der Waals surface area contributed by atoms with Crippen molar-refractivity contribution in [3.63, 3.8) is 0 Å². The lowest BCUT2D eigenvalue weighted by Crippen LogP contribution is -2.17. The van der Waals surface area contributed by atoms with Crippen LogP contribution in [0.2, 0.25) is 0 Å². The molecule has 1 aromatic heterocycles. The second kappa shape index (κ2) is 3.73. The molecule has 82 valence electrons. The first-order valence-corrected chi connectivity index (χ1v) is 5.30. The number of nitrogens with one attached hydrogen (secondary N) is 1. The van der Waals surface area contributed by atoms with Gasteiger partial charge in [-0.3, -0.25) is 0 Å². The summed E-state index contributed by atoms with van der Waals surface area (Å²) in [5.74, 6) is 0. The minimum atomic E-state index is -0.00446. The van der Waals surface area contributed by atoms with Gasteiger partial charge < -0.3 is 4.98 Å². The molecule has 0 radical (unpaired) electrons. The molecule has 0 aliphatic rings. The van der Waals surface area contributed by atoms with Crippen LogP contribution in [0.5, 0.6) is 0 Å². The number of aromatic nitrogens is 1. The maximum Gasteiger partial charge on any atom is 0.0245 e. The highest BCUT2D eigenvalue weighted by molar-refractivity contribution is 5.30. The van der Waals surface area contributed by atoms with Gasteiger partial charge in [0.05, 0.1) is 0 Å². The smallest absolute Gasteiger partial charge is 0.0245 e. The van der Waals surface area contributed by atoms with E-state index in [9.17, 15) is 0 Å². The first-order chi connectivity index (χ1) is 6.83. The highest BCUT2D eigenvalue weighted by Gasteiger charge is 2.22. The highest BCUT2D eigenvalue weighted by Crippen LogP contribution is 2.28. The van der Waals surface area contributed by atoms with Crippen LogP contribution in [-0.4, -0.2) is 4.98 Å². The Morgan fingerprint density at radius 3 is 1.53 bits per heavy atom. The van der Waals surface area contributed by atoms with Crippen LogP contribution in [0.25, 0.3) is 0 Å². The first kappa shape index (κ1) is 11.8. The van der Waals surface area contributed by atoms with Crippen LogP contribution in [0.1, 0.15) is 39.1 Å². The minimum absolute atomic E-state index is 0.00446. The molecular formula is C14H21N. The second-order valence-electron chi connectivity index (χ2n) is 5.14. The SMILES string of the molecule is C=CC(C)(C)c1ccc(C(C)(C)C=C)[nH]1. The van der Waals surface area contributed by atoms with E-state index in [1.54, 1.807) is 0 Å². The standard InChI is InChI=1S/C14H21N/c1-7-13(3,4)11-9-10-12(15-11)14(5,6)8-2/h7-10,15H,1-2H2,3-6H3. The monoisotopic (exact) mass is 203 g/mol. The fourth-order valence-corrected chi connectivity index (χ4v) is 1.37. The third-order valence-electron chi connectivity index (χ3n) is 3.09. The number of aromatic amines is 1. The fraction of sp³-hybridized carbons (Fsp3) is 0.429. The molecule has 0 bridgehead atoms. The van der Waals surface area contributed by atoms with Crippen molar-refractivity contribution in [2.75, 3.05) is 0 Å². The van der Waals surface area contributed by atoms with E-state index in [1.165, 1.54) is 11.4 Å². The molecule has 0 atom stereocenters. The Labute approximate surface area is 92.9 Å². The number of hydrogen-bond donors (Lipinski definition) is 1. The van der Waals surface area contributed by atoms with Gasteiger partial charge in [0.15, 0.2) is 0 Å². The van der Waals surface area contributed by atoms with Crippen molar-refractivity contribution in [2.45, 2.75) is 38.5 Å². The summed E-state index contributed by atoms with van der Waals surface area (Å²) in [6.07, 6.45) is 3.92. The van der Waals surface area contributed by atoms with E-state index in [0.717, 1.165) is 0 Å². The molecule has 0 aliphatic carbocycles. The average Bonchev–Trinajstić information content (AvgIpc) is 2.67. The van der Waals surface area contributed by atoms with E-state index in [4.69, 9.17) is 0 Å². The van der Waals surface area contributed by atoms with Crippen molar-refractivity contribution in [1.82, 2.24) is 4.98 Å². The van der Waals surface area contributed by atoms with E-state index in [-0.39, 0.29) is 10.8 Å². The molecule has 1 rings (SSSR count). The lowest BCUT2D eigenvalue weighted by atomic mass is 9.90. The van der Waals surface area contributed by atoms with Crippen molar-refractivity contribution in [1.29, 1.82) is 0 Å².